The van der Waals surface area contributed by atoms with Gasteiger partial charge in [0.2, 0.25) is 15.9 Å². The van der Waals surface area contributed by atoms with Crippen LogP contribution in [0.2, 0.25) is 0 Å². The summed E-state index contributed by atoms with van der Waals surface area (Å²) in [5, 5.41) is 11.7. The smallest absolute Gasteiger partial charge is 0.243 e. The lowest BCUT2D eigenvalue weighted by molar-refractivity contribution is -0.126. The first-order chi connectivity index (χ1) is 16.2. The van der Waals surface area contributed by atoms with Gasteiger partial charge in [-0.05, 0) is 75.6 Å². The van der Waals surface area contributed by atoms with Crippen molar-refractivity contribution in [1.82, 2.24) is 24.4 Å². The van der Waals surface area contributed by atoms with Crippen LogP contribution in [0.1, 0.15) is 66.0 Å². The summed E-state index contributed by atoms with van der Waals surface area (Å²) in [5.41, 5.74) is 3.60. The van der Waals surface area contributed by atoms with Gasteiger partial charge in [-0.25, -0.2) is 8.42 Å². The van der Waals surface area contributed by atoms with Crippen LogP contribution in [0.25, 0.3) is 0 Å². The topological polar surface area (TPSA) is 97.2 Å². The molecule has 1 aromatic carbocycles. The van der Waals surface area contributed by atoms with Gasteiger partial charge in [-0.15, -0.1) is 10.2 Å². The highest BCUT2D eigenvalue weighted by Gasteiger charge is 2.34. The van der Waals surface area contributed by atoms with E-state index in [9.17, 15) is 13.2 Å². The monoisotopic (exact) mass is 487 g/mol. The van der Waals surface area contributed by atoms with Crippen LogP contribution in [0.3, 0.4) is 0 Å². The molecule has 0 saturated carbocycles. The number of amides is 1. The predicted molar refractivity (Wildman–Crippen MR) is 131 cm³/mol. The number of carbonyl (C=O) groups excluding carboxylic acids is 1. The molecule has 2 aliphatic heterocycles. The highest BCUT2D eigenvalue weighted by Crippen LogP contribution is 2.31. The maximum Gasteiger partial charge on any atom is 0.243 e. The highest BCUT2D eigenvalue weighted by molar-refractivity contribution is 7.89. The molecule has 0 radical (unpaired) electrons. The zero-order valence-electron chi connectivity index (χ0n) is 20.9. The Bertz CT molecular complexity index is 1140. The lowest BCUT2D eigenvalue weighted by atomic mass is 9.97. The summed E-state index contributed by atoms with van der Waals surface area (Å²) < 4.78 is 30.7. The van der Waals surface area contributed by atoms with Crippen LogP contribution < -0.4 is 5.32 Å². The third kappa shape index (κ3) is 4.91. The lowest BCUT2D eigenvalue weighted by Gasteiger charge is -2.31. The van der Waals surface area contributed by atoms with E-state index >= 15 is 0 Å². The van der Waals surface area contributed by atoms with Gasteiger partial charge in [0.15, 0.2) is 0 Å². The number of aryl methyl sites for hydroxylation is 3. The minimum Gasteiger partial charge on any atom is -0.355 e. The van der Waals surface area contributed by atoms with Gasteiger partial charge in [0.05, 0.1) is 4.90 Å². The molecule has 2 aromatic rings. The molecular weight excluding hydrogens is 450 g/mol. The second-order valence-corrected chi connectivity index (χ2v) is 11.7. The molecule has 9 heteroatoms. The molecule has 1 fully saturated rings. The molecule has 186 valence electrons. The second-order valence-electron chi connectivity index (χ2n) is 9.80. The number of nitrogens with one attached hydrogen (secondary N) is 1. The number of piperidine rings is 1. The van der Waals surface area contributed by atoms with Crippen LogP contribution in [-0.4, -0.2) is 53.0 Å². The minimum absolute atomic E-state index is 0.00594. The molecule has 1 aromatic heterocycles. The SMILES string of the molecule is Cc1cc(C)c(C)c(S(=O)(=O)N2CCC(C(=O)NCCc3nnc4n3CCCCC4)CC2)c1C. The minimum atomic E-state index is -3.59. The molecule has 34 heavy (non-hydrogen) atoms. The molecule has 1 N–H and O–H groups in total. The normalized spacial score (nSPS) is 17.9. The molecule has 0 unspecified atom stereocenters. The van der Waals surface area contributed by atoms with Crippen molar-refractivity contribution in [2.24, 2.45) is 5.92 Å². The molecular formula is C25H37N5O3S. The summed E-state index contributed by atoms with van der Waals surface area (Å²) in [6.45, 7) is 9.87. The van der Waals surface area contributed by atoms with Crippen molar-refractivity contribution in [2.45, 2.75) is 84.1 Å². The Morgan fingerprint density at radius 3 is 2.35 bits per heavy atom. The highest BCUT2D eigenvalue weighted by atomic mass is 32.2. The van der Waals surface area contributed by atoms with Gasteiger partial charge in [0, 0.05) is 44.9 Å². The van der Waals surface area contributed by atoms with Crippen molar-refractivity contribution in [3.63, 3.8) is 0 Å². The van der Waals surface area contributed by atoms with Gasteiger partial charge < -0.3 is 9.88 Å². The Morgan fingerprint density at radius 2 is 1.68 bits per heavy atom. The van der Waals surface area contributed by atoms with Crippen molar-refractivity contribution in [3.05, 3.63) is 40.0 Å². The van der Waals surface area contributed by atoms with Gasteiger partial charge in [-0.3, -0.25) is 4.79 Å². The number of carbonyl (C=O) groups is 1. The number of aromatic nitrogens is 3. The van der Waals surface area contributed by atoms with Crippen molar-refractivity contribution in [1.29, 1.82) is 0 Å². The molecule has 0 atom stereocenters. The number of sulfonamides is 1. The van der Waals surface area contributed by atoms with Crippen LogP contribution in [0, 0.1) is 33.6 Å². The van der Waals surface area contributed by atoms with E-state index in [1.807, 2.05) is 33.8 Å². The average molecular weight is 488 g/mol. The average Bonchev–Trinajstić information content (AvgIpc) is 3.03. The molecule has 0 bridgehead atoms. The summed E-state index contributed by atoms with van der Waals surface area (Å²) in [6.07, 6.45) is 6.23. The maximum atomic E-state index is 13.5. The van der Waals surface area contributed by atoms with E-state index in [0.717, 1.165) is 59.7 Å². The van der Waals surface area contributed by atoms with Gasteiger partial charge in [-0.1, -0.05) is 12.5 Å². The number of fused-ring (bicyclic) bond motifs is 1. The number of nitrogens with zero attached hydrogens (tertiary/aromatic N) is 4. The van der Waals surface area contributed by atoms with E-state index in [4.69, 9.17) is 0 Å². The van der Waals surface area contributed by atoms with Crippen molar-refractivity contribution in [2.75, 3.05) is 19.6 Å². The summed E-state index contributed by atoms with van der Waals surface area (Å²) in [6, 6.07) is 2.04. The molecule has 0 aliphatic carbocycles. The Morgan fingerprint density at radius 1 is 1.00 bits per heavy atom. The maximum absolute atomic E-state index is 13.5. The molecule has 4 rings (SSSR count). The van der Waals surface area contributed by atoms with Gasteiger partial charge in [0.25, 0.3) is 0 Å². The van der Waals surface area contributed by atoms with Crippen LogP contribution in [0.5, 0.6) is 0 Å². The van der Waals surface area contributed by atoms with Crippen LogP contribution in [0.15, 0.2) is 11.0 Å². The van der Waals surface area contributed by atoms with E-state index < -0.39 is 10.0 Å². The number of benzene rings is 1. The van der Waals surface area contributed by atoms with Crippen LogP contribution in [0.4, 0.5) is 0 Å². The number of hydrogen-bond acceptors (Lipinski definition) is 5. The summed E-state index contributed by atoms with van der Waals surface area (Å²) >= 11 is 0. The summed E-state index contributed by atoms with van der Waals surface area (Å²) in [4.78, 5) is 13.2. The van der Waals surface area contributed by atoms with Gasteiger partial charge in [-0.2, -0.15) is 4.31 Å². The molecule has 0 spiro atoms. The summed E-state index contributed by atoms with van der Waals surface area (Å²) in [7, 11) is -3.59. The molecule has 8 nitrogen and oxygen atoms in total. The fourth-order valence-electron chi connectivity index (χ4n) is 5.23. The standard InChI is InChI=1S/C25H37N5O3S/c1-17-16-18(2)20(4)24(19(17)3)34(32,33)29-14-10-21(11-15-29)25(31)26-12-9-23-28-27-22-8-6-5-7-13-30(22)23/h16,21H,5-15H2,1-4H3,(H,26,31). The first kappa shape index (κ1) is 24.9. The fraction of sp³-hybridized carbons (Fsp3) is 0.640. The van der Waals surface area contributed by atoms with Crippen LogP contribution >= 0.6 is 0 Å². The van der Waals surface area contributed by atoms with Gasteiger partial charge >= 0.3 is 0 Å². The Kier molecular flexibility index (Phi) is 7.42. The predicted octanol–water partition coefficient (Wildman–Crippen LogP) is 3.00. The van der Waals surface area contributed by atoms with E-state index in [1.165, 1.54) is 6.42 Å². The Balaban J connectivity index is 1.33. The largest absolute Gasteiger partial charge is 0.355 e. The van der Waals surface area contributed by atoms with Crippen LogP contribution in [-0.2, 0) is 34.2 Å². The summed E-state index contributed by atoms with van der Waals surface area (Å²) in [5.74, 6) is 1.84. The Labute approximate surface area is 203 Å². The molecule has 2 aliphatic rings. The number of rotatable bonds is 6. The van der Waals surface area contributed by atoms with E-state index in [1.54, 1.807) is 4.31 Å². The zero-order valence-corrected chi connectivity index (χ0v) is 21.7. The molecule has 3 heterocycles. The van der Waals surface area contributed by atoms with Crippen molar-refractivity contribution < 1.29 is 13.2 Å². The third-order valence-corrected chi connectivity index (χ3v) is 9.73. The van der Waals surface area contributed by atoms with E-state index in [-0.39, 0.29) is 11.8 Å². The van der Waals surface area contributed by atoms with E-state index in [2.05, 4.69) is 20.1 Å². The van der Waals surface area contributed by atoms with Gasteiger partial charge in [0.1, 0.15) is 11.6 Å². The van der Waals surface area contributed by atoms with E-state index in [0.29, 0.717) is 43.8 Å². The quantitative estimate of drug-likeness (QED) is 0.676. The Hall–Kier alpha value is -2.26. The first-order valence-electron chi connectivity index (χ1n) is 12.5. The number of hydrogen-bond donors (Lipinski definition) is 1. The fourth-order valence-corrected chi connectivity index (χ4v) is 7.27. The lowest BCUT2D eigenvalue weighted by Crippen LogP contribution is -2.43. The molecule has 1 saturated heterocycles. The third-order valence-electron chi connectivity index (χ3n) is 7.55. The molecule has 1 amide bonds. The van der Waals surface area contributed by atoms with Crippen molar-refractivity contribution >= 4 is 15.9 Å². The van der Waals surface area contributed by atoms with Crippen molar-refractivity contribution in [3.8, 4) is 0 Å². The zero-order chi connectivity index (χ0) is 24.5. The second kappa shape index (κ2) is 10.2. The first-order valence-corrected chi connectivity index (χ1v) is 13.9.